The van der Waals surface area contributed by atoms with E-state index in [1.807, 2.05) is 42.5 Å². The lowest BCUT2D eigenvalue weighted by Gasteiger charge is -2.14. The first kappa shape index (κ1) is 17.5. The van der Waals surface area contributed by atoms with E-state index in [0.29, 0.717) is 17.1 Å². The summed E-state index contributed by atoms with van der Waals surface area (Å²) in [6, 6.07) is 20.5. The number of para-hydroxylation sites is 2. The molecule has 0 radical (unpaired) electrons. The summed E-state index contributed by atoms with van der Waals surface area (Å²) in [5.41, 5.74) is 21.3. The summed E-state index contributed by atoms with van der Waals surface area (Å²) in [5, 5.41) is 3.36. The molecule has 1 aliphatic carbocycles. The lowest BCUT2D eigenvalue weighted by Crippen LogP contribution is -2.16. The molecule has 0 bridgehead atoms. The molecule has 1 aliphatic rings. The first-order valence-electron chi connectivity index (χ1n) is 8.72. The van der Waals surface area contributed by atoms with Crippen LogP contribution in [0.25, 0.3) is 11.1 Å². The van der Waals surface area contributed by atoms with Gasteiger partial charge in [-0.25, -0.2) is 15.8 Å². The van der Waals surface area contributed by atoms with Crippen molar-refractivity contribution in [2.75, 3.05) is 17.8 Å². The van der Waals surface area contributed by atoms with Gasteiger partial charge in [0.2, 0.25) is 0 Å². The third kappa shape index (κ3) is 3.25. The Morgan fingerprint density at radius 2 is 1.79 bits per heavy atom. The van der Waals surface area contributed by atoms with Gasteiger partial charge < -0.3 is 15.3 Å². The van der Waals surface area contributed by atoms with Gasteiger partial charge >= 0.3 is 6.16 Å². The van der Waals surface area contributed by atoms with Gasteiger partial charge in [-0.1, -0.05) is 42.5 Å². The molecule has 0 aliphatic heterocycles. The van der Waals surface area contributed by atoms with Gasteiger partial charge in [-0.3, -0.25) is 0 Å². The van der Waals surface area contributed by atoms with Crippen LogP contribution in [-0.4, -0.2) is 12.8 Å². The predicted molar refractivity (Wildman–Crippen MR) is 105 cm³/mol. The monoisotopic (exact) mass is 374 g/mol. The third-order valence-corrected chi connectivity index (χ3v) is 4.71. The highest BCUT2D eigenvalue weighted by atomic mass is 16.8. The van der Waals surface area contributed by atoms with E-state index in [1.165, 1.54) is 0 Å². The third-order valence-electron chi connectivity index (χ3n) is 4.71. The number of benzene rings is 3. The minimum atomic E-state index is -0.866. The highest BCUT2D eigenvalue weighted by molar-refractivity contribution is 5.80. The van der Waals surface area contributed by atoms with Crippen molar-refractivity contribution in [2.24, 2.45) is 5.11 Å². The number of fused-ring (bicyclic) bond motifs is 3. The van der Waals surface area contributed by atoms with Gasteiger partial charge in [0.1, 0.15) is 12.3 Å². The molecular weight excluding hydrogens is 356 g/mol. The van der Waals surface area contributed by atoms with Crippen LogP contribution >= 0.6 is 0 Å². The molecule has 4 N–H and O–H groups in total. The number of carbonyl (C=O) groups excluding carboxylic acids is 1. The van der Waals surface area contributed by atoms with Crippen LogP contribution in [0, 0.1) is 5.53 Å². The van der Waals surface area contributed by atoms with Crippen molar-refractivity contribution in [1.29, 1.82) is 5.53 Å². The summed E-state index contributed by atoms with van der Waals surface area (Å²) >= 11 is 0. The second kappa shape index (κ2) is 7.40. The molecular formula is C21H18N4O3. The van der Waals surface area contributed by atoms with Gasteiger partial charge in [0.15, 0.2) is 0 Å². The number of nitrogens with two attached hydrogens (primary N) is 1. The van der Waals surface area contributed by atoms with Crippen LogP contribution < -0.4 is 11.2 Å². The Hall–Kier alpha value is -3.87. The second-order valence-electron chi connectivity index (χ2n) is 6.38. The summed E-state index contributed by atoms with van der Waals surface area (Å²) in [5.74, 6) is -0.113. The van der Waals surface area contributed by atoms with Crippen molar-refractivity contribution in [3.05, 3.63) is 77.9 Å². The Labute approximate surface area is 161 Å². The molecule has 0 saturated heterocycles. The van der Waals surface area contributed by atoms with E-state index in [9.17, 15) is 4.79 Å². The maximum Gasteiger partial charge on any atom is 0.533 e. The van der Waals surface area contributed by atoms with Crippen LogP contribution in [0.1, 0.15) is 17.0 Å². The van der Waals surface area contributed by atoms with Crippen LogP contribution in [0.15, 0.2) is 71.8 Å². The molecule has 1 atom stereocenters. The fourth-order valence-electron chi connectivity index (χ4n) is 3.44. The molecule has 7 nitrogen and oxygen atoms in total. The molecule has 1 unspecified atom stereocenters. The zero-order valence-corrected chi connectivity index (χ0v) is 14.9. The molecule has 7 heteroatoms. The molecule has 0 fully saturated rings. The highest BCUT2D eigenvalue weighted by Crippen LogP contribution is 2.45. The van der Waals surface area contributed by atoms with Crippen molar-refractivity contribution in [3.8, 4) is 11.1 Å². The number of ether oxygens (including phenoxy) is 1. The lowest BCUT2D eigenvalue weighted by molar-refractivity contribution is 0.0698. The molecule has 3 aromatic rings. The molecule has 0 amide bonds. The molecule has 140 valence electrons. The van der Waals surface area contributed by atoms with E-state index in [2.05, 4.69) is 10.6 Å². The van der Waals surface area contributed by atoms with Crippen molar-refractivity contribution in [3.63, 3.8) is 0 Å². The zero-order valence-electron chi connectivity index (χ0n) is 14.9. The quantitative estimate of drug-likeness (QED) is 0.245. The normalized spacial score (nSPS) is 13.9. The van der Waals surface area contributed by atoms with E-state index in [4.69, 9.17) is 20.8 Å². The molecule has 4 rings (SSSR count). The Balaban J connectivity index is 1.45. The zero-order chi connectivity index (χ0) is 19.5. The largest absolute Gasteiger partial charge is 0.533 e. The fraction of sp³-hybridized carbons (Fsp3) is 0.0952. The van der Waals surface area contributed by atoms with Crippen LogP contribution in [0.5, 0.6) is 0 Å². The average Bonchev–Trinajstić information content (AvgIpc) is 3.03. The van der Waals surface area contributed by atoms with Gasteiger partial charge in [0, 0.05) is 11.6 Å². The van der Waals surface area contributed by atoms with E-state index < -0.39 is 6.16 Å². The lowest BCUT2D eigenvalue weighted by atomic mass is 9.98. The van der Waals surface area contributed by atoms with Crippen LogP contribution in [0.4, 0.5) is 21.9 Å². The molecule has 0 aromatic heterocycles. The SMILES string of the molecule is N=Nc1ccccc1NOC(=O)OCC1c2ccccc2-c2ccc(N)cc21. The first-order chi connectivity index (χ1) is 13.7. The Bertz CT molecular complexity index is 1050. The van der Waals surface area contributed by atoms with E-state index >= 15 is 0 Å². The number of hydrogen-bond acceptors (Lipinski definition) is 7. The van der Waals surface area contributed by atoms with Gasteiger partial charge in [-0.05, 0) is 46.5 Å². The topological polar surface area (TPSA) is 110 Å². The predicted octanol–water partition coefficient (Wildman–Crippen LogP) is 5.22. The Kier molecular flexibility index (Phi) is 4.63. The number of carbonyl (C=O) groups is 1. The molecule has 0 saturated carbocycles. The number of nitrogen functional groups attached to an aromatic ring is 1. The minimum Gasteiger partial charge on any atom is -0.432 e. The smallest absolute Gasteiger partial charge is 0.432 e. The maximum absolute atomic E-state index is 12.1. The molecule has 0 spiro atoms. The average molecular weight is 374 g/mol. The summed E-state index contributed by atoms with van der Waals surface area (Å²) in [6.07, 6.45) is -0.866. The molecule has 3 aromatic carbocycles. The van der Waals surface area contributed by atoms with Gasteiger partial charge in [-0.2, -0.15) is 5.11 Å². The standard InChI is InChI=1S/C21H18N4O3/c22-13-9-10-16-14-5-1-2-6-15(14)18(17(16)11-13)12-27-21(26)28-25-20-8-4-3-7-19(20)24-23/h1-11,18,23,25H,12,22H2. The Morgan fingerprint density at radius 3 is 2.64 bits per heavy atom. The van der Waals surface area contributed by atoms with Crippen LogP contribution in [-0.2, 0) is 9.57 Å². The van der Waals surface area contributed by atoms with Gasteiger partial charge in [0.25, 0.3) is 0 Å². The molecule has 0 heterocycles. The van der Waals surface area contributed by atoms with E-state index in [1.54, 1.807) is 24.3 Å². The summed E-state index contributed by atoms with van der Waals surface area (Å²) < 4.78 is 5.33. The number of rotatable bonds is 5. The number of nitrogens with one attached hydrogen (secondary N) is 2. The van der Waals surface area contributed by atoms with Crippen molar-refractivity contribution in [1.82, 2.24) is 0 Å². The van der Waals surface area contributed by atoms with E-state index in [-0.39, 0.29) is 12.5 Å². The molecule has 28 heavy (non-hydrogen) atoms. The minimum absolute atomic E-state index is 0.113. The van der Waals surface area contributed by atoms with Crippen molar-refractivity contribution < 1.29 is 14.4 Å². The van der Waals surface area contributed by atoms with Crippen LogP contribution in [0.3, 0.4) is 0 Å². The number of hydrogen-bond donors (Lipinski definition) is 3. The number of anilines is 2. The Morgan fingerprint density at radius 1 is 1.04 bits per heavy atom. The first-order valence-corrected chi connectivity index (χ1v) is 8.72. The second-order valence-corrected chi connectivity index (χ2v) is 6.38. The van der Waals surface area contributed by atoms with Crippen molar-refractivity contribution >= 4 is 23.2 Å². The summed E-state index contributed by atoms with van der Waals surface area (Å²) in [7, 11) is 0. The van der Waals surface area contributed by atoms with Gasteiger partial charge in [-0.15, -0.1) is 0 Å². The van der Waals surface area contributed by atoms with Crippen molar-refractivity contribution in [2.45, 2.75) is 5.92 Å². The van der Waals surface area contributed by atoms with Crippen LogP contribution in [0.2, 0.25) is 0 Å². The summed E-state index contributed by atoms with van der Waals surface area (Å²) in [4.78, 5) is 17.0. The summed E-state index contributed by atoms with van der Waals surface area (Å²) in [6.45, 7) is 0.123. The maximum atomic E-state index is 12.1. The number of nitrogens with zero attached hydrogens (tertiary/aromatic N) is 1. The van der Waals surface area contributed by atoms with Gasteiger partial charge in [0.05, 0.1) is 5.69 Å². The van der Waals surface area contributed by atoms with E-state index in [0.717, 1.165) is 22.3 Å². The highest BCUT2D eigenvalue weighted by Gasteiger charge is 2.29. The fourth-order valence-corrected chi connectivity index (χ4v) is 3.44.